The van der Waals surface area contributed by atoms with Crippen LogP contribution in [0.3, 0.4) is 0 Å². The van der Waals surface area contributed by atoms with E-state index in [2.05, 4.69) is 10.6 Å². The molecule has 33 heavy (non-hydrogen) atoms. The molecule has 0 unspecified atom stereocenters. The Hall–Kier alpha value is -2.81. The molecule has 1 aliphatic rings. The highest BCUT2D eigenvalue weighted by molar-refractivity contribution is 5.90. The third-order valence-electron chi connectivity index (χ3n) is 6.07. The number of nitrogens with one attached hydrogen (secondary N) is 2. The van der Waals surface area contributed by atoms with Gasteiger partial charge < -0.3 is 30.3 Å². The van der Waals surface area contributed by atoms with Gasteiger partial charge in [-0.05, 0) is 49.4 Å². The van der Waals surface area contributed by atoms with Crippen LogP contribution in [-0.4, -0.2) is 60.9 Å². The van der Waals surface area contributed by atoms with E-state index in [1.54, 1.807) is 12.1 Å². The Kier molecular flexibility index (Phi) is 11.0. The van der Waals surface area contributed by atoms with Crippen molar-refractivity contribution in [1.29, 1.82) is 0 Å². The van der Waals surface area contributed by atoms with E-state index >= 15 is 0 Å². The molecule has 2 atom stereocenters. The first-order valence-corrected chi connectivity index (χ1v) is 11.5. The number of esters is 1. The number of carboxylic acid groups (broad SMARTS) is 1. The second-order valence-electron chi connectivity index (χ2n) is 8.54. The molecule has 1 saturated carbocycles. The summed E-state index contributed by atoms with van der Waals surface area (Å²) in [6.07, 6.45) is 6.79. The zero-order valence-corrected chi connectivity index (χ0v) is 19.5. The molecule has 1 aromatic rings. The van der Waals surface area contributed by atoms with E-state index in [0.29, 0.717) is 37.5 Å². The third kappa shape index (κ3) is 8.92. The normalized spacial score (nSPS) is 15.9. The van der Waals surface area contributed by atoms with Crippen molar-refractivity contribution >= 4 is 17.8 Å². The summed E-state index contributed by atoms with van der Waals surface area (Å²) < 4.78 is 9.90. The van der Waals surface area contributed by atoms with Crippen molar-refractivity contribution in [3.63, 3.8) is 0 Å². The van der Waals surface area contributed by atoms with Crippen LogP contribution in [-0.2, 0) is 25.5 Å². The van der Waals surface area contributed by atoms with Gasteiger partial charge in [0.1, 0.15) is 6.04 Å². The van der Waals surface area contributed by atoms with Crippen LogP contribution in [0.1, 0.15) is 56.9 Å². The molecule has 9 heteroatoms. The van der Waals surface area contributed by atoms with Gasteiger partial charge >= 0.3 is 11.9 Å². The highest BCUT2D eigenvalue weighted by Gasteiger charge is 2.30. The lowest BCUT2D eigenvalue weighted by Crippen LogP contribution is -2.52. The molecule has 1 aliphatic carbocycles. The largest absolute Gasteiger partial charge is 0.504 e. The summed E-state index contributed by atoms with van der Waals surface area (Å²) in [7, 11) is 2.76. The minimum absolute atomic E-state index is 0.0536. The van der Waals surface area contributed by atoms with Crippen LogP contribution < -0.4 is 15.4 Å². The minimum atomic E-state index is -1.11. The van der Waals surface area contributed by atoms with Gasteiger partial charge in [0.05, 0.1) is 26.7 Å². The first-order chi connectivity index (χ1) is 15.8. The Balaban J connectivity index is 1.91. The molecule has 1 aromatic carbocycles. The summed E-state index contributed by atoms with van der Waals surface area (Å²) in [6.45, 7) is 0.393. The lowest BCUT2D eigenvalue weighted by molar-refractivity contribution is -0.146. The number of hydrogen-bond donors (Lipinski definition) is 4. The van der Waals surface area contributed by atoms with Crippen molar-refractivity contribution in [2.75, 3.05) is 20.8 Å². The number of methoxy groups -OCH3 is 2. The fourth-order valence-electron chi connectivity index (χ4n) is 4.28. The van der Waals surface area contributed by atoms with Gasteiger partial charge in [0, 0.05) is 0 Å². The number of aliphatic carboxylic acids is 1. The molecule has 0 radical (unpaired) electrons. The van der Waals surface area contributed by atoms with Crippen molar-refractivity contribution in [3.8, 4) is 11.5 Å². The highest BCUT2D eigenvalue weighted by atomic mass is 16.5. The molecule has 1 amide bonds. The summed E-state index contributed by atoms with van der Waals surface area (Å²) in [5.74, 6) is -1.35. The predicted molar refractivity (Wildman–Crippen MR) is 122 cm³/mol. The van der Waals surface area contributed by atoms with E-state index in [0.717, 1.165) is 31.2 Å². The summed E-state index contributed by atoms with van der Waals surface area (Å²) in [5.41, 5.74) is 0.896. The van der Waals surface area contributed by atoms with Crippen LogP contribution in [0.25, 0.3) is 0 Å². The summed E-state index contributed by atoms with van der Waals surface area (Å²) in [5, 5.41) is 24.8. The Bertz CT molecular complexity index is 793. The van der Waals surface area contributed by atoms with Gasteiger partial charge in [-0.2, -0.15) is 0 Å². The number of carboxylic acids is 1. The topological polar surface area (TPSA) is 134 Å². The smallest absolute Gasteiger partial charge is 0.328 e. The second-order valence-corrected chi connectivity index (χ2v) is 8.54. The Morgan fingerprint density at radius 2 is 1.85 bits per heavy atom. The van der Waals surface area contributed by atoms with Gasteiger partial charge in [-0.15, -0.1) is 0 Å². The van der Waals surface area contributed by atoms with Gasteiger partial charge in [-0.3, -0.25) is 9.59 Å². The van der Waals surface area contributed by atoms with Crippen LogP contribution in [0, 0.1) is 5.92 Å². The number of benzene rings is 1. The number of phenols is 1. The lowest BCUT2D eigenvalue weighted by Gasteiger charge is -2.27. The lowest BCUT2D eigenvalue weighted by atomic mass is 9.84. The van der Waals surface area contributed by atoms with E-state index in [-0.39, 0.29) is 5.75 Å². The van der Waals surface area contributed by atoms with Crippen LogP contribution in [0.5, 0.6) is 11.5 Å². The van der Waals surface area contributed by atoms with Crippen molar-refractivity contribution in [3.05, 3.63) is 23.8 Å². The number of rotatable bonds is 13. The quantitative estimate of drug-likeness (QED) is 0.258. The van der Waals surface area contributed by atoms with Gasteiger partial charge in [-0.1, -0.05) is 38.2 Å². The number of phenolic OH excluding ortho intramolecular Hbond substituents is 1. The standard InChI is InChI=1S/C24H36N2O7/c1-32-21-11-10-17(14-20(21)27)9-6-12-25-18(15-22(28)29)23(30)26-19(24(31)33-2)13-16-7-4-3-5-8-16/h10-11,14,16,18-19,25,27H,3-9,12-13,15H2,1-2H3,(H,26,30)(H,28,29)/t18-,19-/m0/s1. The maximum absolute atomic E-state index is 12.8. The average Bonchev–Trinajstić information content (AvgIpc) is 2.80. The van der Waals surface area contributed by atoms with E-state index in [1.165, 1.54) is 20.6 Å². The zero-order valence-electron chi connectivity index (χ0n) is 19.5. The van der Waals surface area contributed by atoms with E-state index in [1.807, 2.05) is 6.07 Å². The molecule has 2 rings (SSSR count). The van der Waals surface area contributed by atoms with Gasteiger partial charge in [0.25, 0.3) is 0 Å². The molecule has 0 aliphatic heterocycles. The van der Waals surface area contributed by atoms with Gasteiger partial charge in [0.2, 0.25) is 5.91 Å². The van der Waals surface area contributed by atoms with Crippen molar-refractivity contribution in [1.82, 2.24) is 10.6 Å². The molecule has 0 saturated heterocycles. The van der Waals surface area contributed by atoms with E-state index < -0.39 is 36.4 Å². The molecule has 0 spiro atoms. The van der Waals surface area contributed by atoms with Gasteiger partial charge in [-0.25, -0.2) is 4.79 Å². The van der Waals surface area contributed by atoms with E-state index in [4.69, 9.17) is 9.47 Å². The number of carbonyl (C=O) groups is 3. The summed E-state index contributed by atoms with van der Waals surface area (Å²) in [4.78, 5) is 36.4. The Morgan fingerprint density at radius 3 is 2.45 bits per heavy atom. The Labute approximate surface area is 194 Å². The van der Waals surface area contributed by atoms with Crippen LogP contribution in [0.2, 0.25) is 0 Å². The second kappa shape index (κ2) is 13.7. The Morgan fingerprint density at radius 1 is 1.12 bits per heavy atom. The number of aryl methyl sites for hydroxylation is 1. The predicted octanol–water partition coefficient (Wildman–Crippen LogP) is 2.39. The number of carbonyl (C=O) groups excluding carboxylic acids is 2. The summed E-state index contributed by atoms with van der Waals surface area (Å²) >= 11 is 0. The van der Waals surface area contributed by atoms with Crippen LogP contribution in [0.4, 0.5) is 0 Å². The molecular formula is C24H36N2O7. The zero-order chi connectivity index (χ0) is 24.2. The first kappa shape index (κ1) is 26.4. The molecular weight excluding hydrogens is 428 g/mol. The maximum Gasteiger partial charge on any atom is 0.328 e. The molecule has 9 nitrogen and oxygen atoms in total. The van der Waals surface area contributed by atoms with Crippen LogP contribution >= 0.6 is 0 Å². The third-order valence-corrected chi connectivity index (χ3v) is 6.07. The number of ether oxygens (including phenoxy) is 2. The summed E-state index contributed by atoms with van der Waals surface area (Å²) in [6, 6.07) is 3.38. The molecule has 0 aromatic heterocycles. The molecule has 4 N–H and O–H groups in total. The molecule has 0 heterocycles. The fourth-order valence-corrected chi connectivity index (χ4v) is 4.28. The van der Waals surface area contributed by atoms with Crippen molar-refractivity contribution in [2.45, 2.75) is 69.9 Å². The number of amides is 1. The highest BCUT2D eigenvalue weighted by Crippen LogP contribution is 2.28. The van der Waals surface area contributed by atoms with Crippen molar-refractivity contribution < 1.29 is 34.1 Å². The molecule has 184 valence electrons. The van der Waals surface area contributed by atoms with Crippen LogP contribution in [0.15, 0.2) is 18.2 Å². The van der Waals surface area contributed by atoms with Crippen molar-refractivity contribution in [2.24, 2.45) is 5.92 Å². The number of aromatic hydroxyl groups is 1. The van der Waals surface area contributed by atoms with E-state index in [9.17, 15) is 24.6 Å². The molecule has 0 bridgehead atoms. The maximum atomic E-state index is 12.8. The SMILES string of the molecule is COC(=O)[C@H](CC1CCCCC1)NC(=O)[C@H](CC(=O)O)NCCCc1ccc(OC)c(O)c1. The average molecular weight is 465 g/mol. The number of hydrogen-bond acceptors (Lipinski definition) is 7. The minimum Gasteiger partial charge on any atom is -0.504 e. The molecule has 1 fully saturated rings. The first-order valence-electron chi connectivity index (χ1n) is 11.5. The van der Waals surface area contributed by atoms with Gasteiger partial charge in [0.15, 0.2) is 11.5 Å². The monoisotopic (exact) mass is 464 g/mol. The fraction of sp³-hybridized carbons (Fsp3) is 0.625.